The Morgan fingerprint density at radius 2 is 1.76 bits per heavy atom. The number of benzene rings is 2. The van der Waals surface area contributed by atoms with Crippen LogP contribution in [0, 0.1) is 6.92 Å². The fraction of sp³-hybridized carbons (Fsp3) is 0.391. The maximum absolute atomic E-state index is 13.3. The number of carbonyl (C=O) groups excluding carboxylic acids is 2. The van der Waals surface area contributed by atoms with Crippen LogP contribution in [0.4, 0.5) is 0 Å². The topological polar surface area (TPSA) is 49.4 Å². The molecule has 2 aromatic rings. The van der Waals surface area contributed by atoms with E-state index in [0.29, 0.717) is 16.5 Å². The van der Waals surface area contributed by atoms with Gasteiger partial charge in [0.15, 0.2) is 0 Å². The molecule has 0 spiro atoms. The molecule has 6 heteroatoms. The minimum absolute atomic E-state index is 0.0102. The van der Waals surface area contributed by atoms with E-state index in [1.54, 1.807) is 23.1 Å². The largest absolute Gasteiger partial charge is 0.352 e. The molecule has 0 fully saturated rings. The fourth-order valence-corrected chi connectivity index (χ4v) is 3.67. The van der Waals surface area contributed by atoms with E-state index < -0.39 is 6.04 Å². The standard InChI is InChI=1S/C23H28Cl2N2O2/c1-5-21(23(29)26-15(2)3)27(14-18-10-11-19(24)13-20(18)25)22(28)12-17-9-7-6-8-16(17)4/h6-11,13,15,21H,5,12,14H2,1-4H3,(H,26,29)/t21-/m1/s1. The molecule has 29 heavy (non-hydrogen) atoms. The van der Waals surface area contributed by atoms with Gasteiger partial charge in [-0.3, -0.25) is 9.59 Å². The van der Waals surface area contributed by atoms with Gasteiger partial charge in [-0.05, 0) is 56.0 Å². The summed E-state index contributed by atoms with van der Waals surface area (Å²) in [7, 11) is 0. The number of carbonyl (C=O) groups is 2. The van der Waals surface area contributed by atoms with E-state index in [1.807, 2.05) is 52.0 Å². The first kappa shape index (κ1) is 23.2. The summed E-state index contributed by atoms with van der Waals surface area (Å²) in [5, 5.41) is 3.93. The van der Waals surface area contributed by atoms with E-state index >= 15 is 0 Å². The molecule has 0 aliphatic rings. The summed E-state index contributed by atoms with van der Waals surface area (Å²) in [5.74, 6) is -0.276. The smallest absolute Gasteiger partial charge is 0.243 e. The molecule has 0 aromatic heterocycles. The lowest BCUT2D eigenvalue weighted by atomic mass is 10.0. The van der Waals surface area contributed by atoms with Crippen molar-refractivity contribution in [1.29, 1.82) is 0 Å². The summed E-state index contributed by atoms with van der Waals surface area (Å²) in [5.41, 5.74) is 2.75. The Morgan fingerprint density at radius 3 is 2.34 bits per heavy atom. The fourth-order valence-electron chi connectivity index (χ4n) is 3.21. The van der Waals surface area contributed by atoms with Gasteiger partial charge in [-0.1, -0.05) is 60.5 Å². The van der Waals surface area contributed by atoms with Gasteiger partial charge in [-0.2, -0.15) is 0 Å². The van der Waals surface area contributed by atoms with E-state index in [9.17, 15) is 9.59 Å². The lowest BCUT2D eigenvalue weighted by molar-refractivity contribution is -0.141. The second-order valence-electron chi connectivity index (χ2n) is 7.45. The third-order valence-corrected chi connectivity index (χ3v) is 5.36. The highest BCUT2D eigenvalue weighted by Crippen LogP contribution is 2.24. The predicted molar refractivity (Wildman–Crippen MR) is 119 cm³/mol. The summed E-state index contributed by atoms with van der Waals surface area (Å²) in [6, 6.07) is 12.4. The molecule has 0 radical (unpaired) electrons. The first-order valence-corrected chi connectivity index (χ1v) is 10.6. The first-order chi connectivity index (χ1) is 13.7. The maximum atomic E-state index is 13.3. The summed E-state index contributed by atoms with van der Waals surface area (Å²) >= 11 is 12.4. The average Bonchev–Trinajstić information content (AvgIpc) is 2.64. The van der Waals surface area contributed by atoms with Crippen LogP contribution in [0.5, 0.6) is 0 Å². The summed E-state index contributed by atoms with van der Waals surface area (Å²) in [6.45, 7) is 7.93. The molecule has 4 nitrogen and oxygen atoms in total. The maximum Gasteiger partial charge on any atom is 0.243 e. The number of nitrogens with zero attached hydrogens (tertiary/aromatic N) is 1. The quantitative estimate of drug-likeness (QED) is 0.622. The third kappa shape index (κ3) is 6.48. The molecule has 0 unspecified atom stereocenters. The van der Waals surface area contributed by atoms with Gasteiger partial charge in [0.05, 0.1) is 6.42 Å². The summed E-state index contributed by atoms with van der Waals surface area (Å²) in [4.78, 5) is 27.8. The van der Waals surface area contributed by atoms with Gasteiger partial charge >= 0.3 is 0 Å². The highest BCUT2D eigenvalue weighted by atomic mass is 35.5. The number of rotatable bonds is 8. The van der Waals surface area contributed by atoms with Gasteiger partial charge in [-0.15, -0.1) is 0 Å². The van der Waals surface area contributed by atoms with Crippen LogP contribution in [-0.4, -0.2) is 28.8 Å². The minimum atomic E-state index is -0.583. The minimum Gasteiger partial charge on any atom is -0.352 e. The van der Waals surface area contributed by atoms with E-state index in [4.69, 9.17) is 23.2 Å². The van der Waals surface area contributed by atoms with Crippen molar-refractivity contribution < 1.29 is 9.59 Å². The van der Waals surface area contributed by atoms with E-state index in [0.717, 1.165) is 16.7 Å². The van der Waals surface area contributed by atoms with E-state index in [-0.39, 0.29) is 30.8 Å². The Bertz CT molecular complexity index is 868. The van der Waals surface area contributed by atoms with Crippen LogP contribution in [0.15, 0.2) is 42.5 Å². The van der Waals surface area contributed by atoms with Gasteiger partial charge in [0.1, 0.15) is 6.04 Å². The zero-order chi connectivity index (χ0) is 21.6. The molecule has 0 saturated heterocycles. The van der Waals surface area contributed by atoms with Crippen LogP contribution >= 0.6 is 23.2 Å². The zero-order valence-electron chi connectivity index (χ0n) is 17.3. The molecule has 0 heterocycles. The molecule has 2 aromatic carbocycles. The molecule has 0 bridgehead atoms. The van der Waals surface area contributed by atoms with Crippen molar-refractivity contribution >= 4 is 35.0 Å². The normalized spacial score (nSPS) is 12.0. The first-order valence-electron chi connectivity index (χ1n) is 9.81. The molecule has 1 atom stereocenters. The highest BCUT2D eigenvalue weighted by Gasteiger charge is 2.29. The van der Waals surface area contributed by atoms with Gasteiger partial charge < -0.3 is 10.2 Å². The molecular weight excluding hydrogens is 407 g/mol. The van der Waals surface area contributed by atoms with Crippen molar-refractivity contribution in [3.63, 3.8) is 0 Å². The summed E-state index contributed by atoms with van der Waals surface area (Å²) < 4.78 is 0. The average molecular weight is 435 g/mol. The highest BCUT2D eigenvalue weighted by molar-refractivity contribution is 6.35. The Labute approximate surface area is 183 Å². The number of aryl methyl sites for hydroxylation is 1. The molecular formula is C23H28Cl2N2O2. The number of hydrogen-bond donors (Lipinski definition) is 1. The van der Waals surface area contributed by atoms with Crippen molar-refractivity contribution in [2.45, 2.75) is 59.2 Å². The Balaban J connectivity index is 2.36. The molecule has 0 aliphatic heterocycles. The van der Waals surface area contributed by atoms with Gasteiger partial charge in [0.2, 0.25) is 11.8 Å². The number of amides is 2. The molecule has 0 saturated carbocycles. The lowest BCUT2D eigenvalue weighted by Crippen LogP contribution is -2.50. The number of halogens is 2. The van der Waals surface area contributed by atoms with Gasteiger partial charge in [0, 0.05) is 22.6 Å². The number of nitrogens with one attached hydrogen (secondary N) is 1. The van der Waals surface area contributed by atoms with Crippen molar-refractivity contribution in [1.82, 2.24) is 10.2 Å². The molecule has 0 aliphatic carbocycles. The Morgan fingerprint density at radius 1 is 1.07 bits per heavy atom. The Hall–Kier alpha value is -2.04. The van der Waals surface area contributed by atoms with Crippen molar-refractivity contribution in [2.75, 3.05) is 0 Å². The zero-order valence-corrected chi connectivity index (χ0v) is 18.8. The van der Waals surface area contributed by atoms with Gasteiger partial charge in [0.25, 0.3) is 0 Å². The second kappa shape index (κ2) is 10.7. The monoisotopic (exact) mass is 434 g/mol. The van der Waals surface area contributed by atoms with Crippen LogP contribution in [0.3, 0.4) is 0 Å². The molecule has 2 rings (SSSR count). The van der Waals surface area contributed by atoms with Crippen LogP contribution in [0.1, 0.15) is 43.9 Å². The number of hydrogen-bond acceptors (Lipinski definition) is 2. The van der Waals surface area contributed by atoms with Crippen LogP contribution in [0.2, 0.25) is 10.0 Å². The second-order valence-corrected chi connectivity index (χ2v) is 8.29. The van der Waals surface area contributed by atoms with Crippen molar-refractivity contribution in [3.8, 4) is 0 Å². The summed E-state index contributed by atoms with van der Waals surface area (Å²) in [6.07, 6.45) is 0.729. The molecule has 1 N–H and O–H groups in total. The lowest BCUT2D eigenvalue weighted by Gasteiger charge is -2.31. The molecule has 156 valence electrons. The van der Waals surface area contributed by atoms with Crippen molar-refractivity contribution in [3.05, 3.63) is 69.2 Å². The van der Waals surface area contributed by atoms with Crippen molar-refractivity contribution in [2.24, 2.45) is 0 Å². The van der Waals surface area contributed by atoms with Crippen LogP contribution in [-0.2, 0) is 22.6 Å². The van der Waals surface area contributed by atoms with Crippen LogP contribution in [0.25, 0.3) is 0 Å². The molecule has 2 amide bonds. The van der Waals surface area contributed by atoms with E-state index in [1.165, 1.54) is 0 Å². The van der Waals surface area contributed by atoms with Crippen LogP contribution < -0.4 is 5.32 Å². The Kier molecular flexibility index (Phi) is 8.54. The predicted octanol–water partition coefficient (Wildman–Crippen LogP) is 5.18. The SMILES string of the molecule is CC[C@H](C(=O)NC(C)C)N(Cc1ccc(Cl)cc1Cl)C(=O)Cc1ccccc1C. The van der Waals surface area contributed by atoms with E-state index in [2.05, 4.69) is 5.32 Å². The van der Waals surface area contributed by atoms with Gasteiger partial charge in [-0.25, -0.2) is 0 Å². The third-order valence-electron chi connectivity index (χ3n) is 4.78.